The fourth-order valence-electron chi connectivity index (χ4n) is 2.24. The number of rotatable bonds is 5. The quantitative estimate of drug-likeness (QED) is 0.807. The van der Waals surface area contributed by atoms with Crippen molar-refractivity contribution in [2.45, 2.75) is 12.3 Å². The lowest BCUT2D eigenvalue weighted by molar-refractivity contribution is -0.138. The number of methoxy groups -OCH3 is 1. The molecule has 1 atom stereocenters. The summed E-state index contributed by atoms with van der Waals surface area (Å²) in [5, 5.41) is 10.2. The first-order valence-corrected chi connectivity index (χ1v) is 7.28. The molecule has 2 aromatic carbocycles. The number of ether oxygens (including phenoxy) is 1. The molecule has 0 aliphatic heterocycles. The van der Waals surface area contributed by atoms with Crippen LogP contribution >= 0.6 is 23.2 Å². The van der Waals surface area contributed by atoms with Crippen LogP contribution in [0.1, 0.15) is 17.0 Å². The predicted octanol–water partition coefficient (Wildman–Crippen LogP) is 4.00. The molecule has 22 heavy (non-hydrogen) atoms. The van der Waals surface area contributed by atoms with E-state index in [-0.39, 0.29) is 6.42 Å². The minimum Gasteiger partial charge on any atom is -0.494 e. The number of nitrogen functional groups attached to an aromatic ring is 1. The molecule has 0 aromatic heterocycles. The van der Waals surface area contributed by atoms with E-state index in [4.69, 9.17) is 33.7 Å². The molecule has 116 valence electrons. The summed E-state index contributed by atoms with van der Waals surface area (Å²) in [5.41, 5.74) is 7.61. The van der Waals surface area contributed by atoms with Crippen molar-refractivity contribution in [3.05, 3.63) is 57.6 Å². The highest BCUT2D eigenvalue weighted by Gasteiger charge is 2.21. The van der Waals surface area contributed by atoms with E-state index in [1.165, 1.54) is 7.11 Å². The molecular formula is C16H15Cl2NO3. The third kappa shape index (κ3) is 3.64. The lowest BCUT2D eigenvalue weighted by Gasteiger charge is -2.15. The van der Waals surface area contributed by atoms with E-state index in [1.54, 1.807) is 36.4 Å². The zero-order valence-electron chi connectivity index (χ0n) is 11.8. The van der Waals surface area contributed by atoms with Crippen LogP contribution in [0.25, 0.3) is 0 Å². The Labute approximate surface area is 138 Å². The van der Waals surface area contributed by atoms with Crippen molar-refractivity contribution >= 4 is 34.9 Å². The Kier molecular flexibility index (Phi) is 5.16. The topological polar surface area (TPSA) is 72.5 Å². The van der Waals surface area contributed by atoms with Crippen molar-refractivity contribution in [1.29, 1.82) is 0 Å². The number of halogens is 2. The van der Waals surface area contributed by atoms with Crippen LogP contribution in [-0.2, 0) is 11.2 Å². The van der Waals surface area contributed by atoms with Gasteiger partial charge in [0.15, 0.2) is 5.75 Å². The van der Waals surface area contributed by atoms with Crippen LogP contribution in [0, 0.1) is 0 Å². The van der Waals surface area contributed by atoms with Crippen LogP contribution in [-0.4, -0.2) is 18.2 Å². The van der Waals surface area contributed by atoms with Crippen LogP contribution in [0.4, 0.5) is 5.69 Å². The molecule has 0 aliphatic carbocycles. The third-order valence-electron chi connectivity index (χ3n) is 3.34. The molecule has 0 fully saturated rings. The first-order chi connectivity index (χ1) is 10.4. The highest BCUT2D eigenvalue weighted by atomic mass is 35.5. The zero-order valence-corrected chi connectivity index (χ0v) is 13.4. The molecule has 0 bridgehead atoms. The second-order valence-corrected chi connectivity index (χ2v) is 5.67. The van der Waals surface area contributed by atoms with Gasteiger partial charge in [0.25, 0.3) is 0 Å². The summed E-state index contributed by atoms with van der Waals surface area (Å²) < 4.78 is 5.09. The average Bonchev–Trinajstić information content (AvgIpc) is 2.45. The van der Waals surface area contributed by atoms with E-state index in [2.05, 4.69) is 0 Å². The minimum absolute atomic E-state index is 0.267. The summed E-state index contributed by atoms with van der Waals surface area (Å²) >= 11 is 12.2. The zero-order chi connectivity index (χ0) is 16.3. The van der Waals surface area contributed by atoms with Gasteiger partial charge in [0.2, 0.25) is 0 Å². The lowest BCUT2D eigenvalue weighted by Crippen LogP contribution is -2.14. The molecule has 0 amide bonds. The highest BCUT2D eigenvalue weighted by Crippen LogP contribution is 2.35. The maximum absolute atomic E-state index is 11.6. The van der Waals surface area contributed by atoms with Gasteiger partial charge in [-0.3, -0.25) is 4.79 Å². The molecule has 1 unspecified atom stereocenters. The van der Waals surface area contributed by atoms with Gasteiger partial charge in [-0.25, -0.2) is 0 Å². The molecule has 0 saturated heterocycles. The van der Waals surface area contributed by atoms with Crippen molar-refractivity contribution in [2.24, 2.45) is 0 Å². The molecule has 2 aromatic rings. The van der Waals surface area contributed by atoms with Gasteiger partial charge < -0.3 is 15.6 Å². The monoisotopic (exact) mass is 339 g/mol. The molecule has 0 aliphatic rings. The Morgan fingerprint density at radius 3 is 2.23 bits per heavy atom. The first kappa shape index (κ1) is 16.5. The Balaban J connectivity index is 2.33. The molecule has 3 N–H and O–H groups in total. The Morgan fingerprint density at radius 2 is 1.77 bits per heavy atom. The second kappa shape index (κ2) is 6.90. The largest absolute Gasteiger partial charge is 0.494 e. The maximum Gasteiger partial charge on any atom is 0.311 e. The second-order valence-electron chi connectivity index (χ2n) is 4.85. The van der Waals surface area contributed by atoms with Crippen molar-refractivity contribution in [3.63, 3.8) is 0 Å². The Morgan fingerprint density at radius 1 is 1.23 bits per heavy atom. The van der Waals surface area contributed by atoms with Crippen LogP contribution < -0.4 is 10.5 Å². The molecule has 0 radical (unpaired) electrons. The molecule has 0 spiro atoms. The molecule has 6 heteroatoms. The van der Waals surface area contributed by atoms with Crippen LogP contribution in [0.15, 0.2) is 36.4 Å². The molecule has 0 heterocycles. The number of anilines is 1. The van der Waals surface area contributed by atoms with Gasteiger partial charge in [-0.1, -0.05) is 35.3 Å². The van der Waals surface area contributed by atoms with E-state index in [9.17, 15) is 9.90 Å². The highest BCUT2D eigenvalue weighted by molar-refractivity contribution is 6.37. The predicted molar refractivity (Wildman–Crippen MR) is 87.9 cm³/mol. The lowest BCUT2D eigenvalue weighted by atomic mass is 9.92. The smallest absolute Gasteiger partial charge is 0.311 e. The van der Waals surface area contributed by atoms with E-state index < -0.39 is 11.9 Å². The number of nitrogens with two attached hydrogens (primary N) is 1. The van der Waals surface area contributed by atoms with Crippen LogP contribution in [0.2, 0.25) is 10.0 Å². The van der Waals surface area contributed by atoms with Gasteiger partial charge in [0, 0.05) is 5.69 Å². The Hall–Kier alpha value is -1.91. The SMILES string of the molecule is COc1c(Cl)cc(CC(C(=O)O)c2ccc(N)cc2)cc1Cl. The van der Waals surface area contributed by atoms with Gasteiger partial charge >= 0.3 is 5.97 Å². The number of benzene rings is 2. The summed E-state index contributed by atoms with van der Waals surface area (Å²) in [6, 6.07) is 10.1. The minimum atomic E-state index is -0.923. The maximum atomic E-state index is 11.6. The number of hydrogen-bond acceptors (Lipinski definition) is 3. The number of carbonyl (C=O) groups is 1. The summed E-state index contributed by atoms with van der Waals surface area (Å²) in [6.45, 7) is 0. The number of aliphatic carboxylic acids is 1. The number of carboxylic acid groups (broad SMARTS) is 1. The van der Waals surface area contributed by atoms with Gasteiger partial charge in [0.1, 0.15) is 0 Å². The summed E-state index contributed by atoms with van der Waals surface area (Å²) in [6.07, 6.45) is 0.267. The normalized spacial score (nSPS) is 12.0. The Bertz CT molecular complexity index is 663. The average molecular weight is 340 g/mol. The first-order valence-electron chi connectivity index (χ1n) is 6.52. The third-order valence-corrected chi connectivity index (χ3v) is 3.90. The summed E-state index contributed by atoms with van der Waals surface area (Å²) in [7, 11) is 1.47. The van der Waals surface area contributed by atoms with Crippen LogP contribution in [0.5, 0.6) is 5.75 Å². The van der Waals surface area contributed by atoms with E-state index in [0.29, 0.717) is 27.0 Å². The van der Waals surface area contributed by atoms with Gasteiger partial charge in [0.05, 0.1) is 23.1 Å². The van der Waals surface area contributed by atoms with Crippen LogP contribution in [0.3, 0.4) is 0 Å². The fourth-order valence-corrected chi connectivity index (χ4v) is 2.92. The van der Waals surface area contributed by atoms with E-state index >= 15 is 0 Å². The number of hydrogen-bond donors (Lipinski definition) is 2. The van der Waals surface area contributed by atoms with E-state index in [0.717, 1.165) is 5.56 Å². The standard InChI is InChI=1S/C16H15Cl2NO3/c1-22-15-13(17)7-9(8-14(15)18)6-12(16(20)21)10-2-4-11(19)5-3-10/h2-5,7-8,12H,6,19H2,1H3,(H,20,21). The number of carboxylic acids is 1. The molecular weight excluding hydrogens is 325 g/mol. The van der Waals surface area contributed by atoms with Gasteiger partial charge in [-0.05, 0) is 41.8 Å². The van der Waals surface area contributed by atoms with Crippen molar-refractivity contribution in [1.82, 2.24) is 0 Å². The van der Waals surface area contributed by atoms with Gasteiger partial charge in [-0.15, -0.1) is 0 Å². The molecule has 4 nitrogen and oxygen atoms in total. The van der Waals surface area contributed by atoms with E-state index in [1.807, 2.05) is 0 Å². The summed E-state index contributed by atoms with van der Waals surface area (Å²) in [5.74, 6) is -1.25. The molecule has 2 rings (SSSR count). The summed E-state index contributed by atoms with van der Waals surface area (Å²) in [4.78, 5) is 11.6. The van der Waals surface area contributed by atoms with Crippen molar-refractivity contribution in [2.75, 3.05) is 12.8 Å². The van der Waals surface area contributed by atoms with Gasteiger partial charge in [-0.2, -0.15) is 0 Å². The molecule has 0 saturated carbocycles. The van der Waals surface area contributed by atoms with Crippen molar-refractivity contribution in [3.8, 4) is 5.75 Å². The fraction of sp³-hybridized carbons (Fsp3) is 0.188. The van der Waals surface area contributed by atoms with Crippen molar-refractivity contribution < 1.29 is 14.6 Å².